The van der Waals surface area contributed by atoms with Gasteiger partial charge < -0.3 is 15.2 Å². The van der Waals surface area contributed by atoms with Gasteiger partial charge in [0.2, 0.25) is 0 Å². The third kappa shape index (κ3) is 5.92. The van der Waals surface area contributed by atoms with Gasteiger partial charge in [-0.2, -0.15) is 0 Å². The van der Waals surface area contributed by atoms with Crippen LogP contribution in [0, 0.1) is 0 Å². The van der Waals surface area contributed by atoms with E-state index in [1.807, 2.05) is 4.90 Å². The number of piperidine rings is 1. The normalized spacial score (nSPS) is 18.7. The lowest BCUT2D eigenvalue weighted by Crippen LogP contribution is -2.50. The van der Waals surface area contributed by atoms with Crippen LogP contribution >= 0.6 is 0 Å². The summed E-state index contributed by atoms with van der Waals surface area (Å²) in [4.78, 5) is 24.7. The van der Waals surface area contributed by atoms with Crippen LogP contribution in [-0.4, -0.2) is 53.3 Å². The zero-order chi connectivity index (χ0) is 14.5. The smallest absolute Gasteiger partial charge is 0.407 e. The predicted molar refractivity (Wildman–Crippen MR) is 71.1 cm³/mol. The SMILES string of the molecule is CC(C)(C)OC(=O)NCC(C(=O)O)N1CCCCC1. The molecular formula is C13H24N2O4. The van der Waals surface area contributed by atoms with Crippen LogP contribution in [0.1, 0.15) is 40.0 Å². The first kappa shape index (κ1) is 15.8. The van der Waals surface area contributed by atoms with E-state index >= 15 is 0 Å². The van der Waals surface area contributed by atoms with E-state index in [1.165, 1.54) is 0 Å². The maximum atomic E-state index is 11.5. The fourth-order valence-corrected chi connectivity index (χ4v) is 2.10. The van der Waals surface area contributed by atoms with Crippen LogP contribution in [0.15, 0.2) is 0 Å². The second-order valence-corrected chi connectivity index (χ2v) is 5.83. The molecule has 1 saturated heterocycles. The zero-order valence-corrected chi connectivity index (χ0v) is 11.9. The highest BCUT2D eigenvalue weighted by molar-refractivity contribution is 5.75. The molecule has 6 nitrogen and oxygen atoms in total. The molecule has 0 aromatic carbocycles. The standard InChI is InChI=1S/C13H24N2O4/c1-13(2,3)19-12(18)14-9-10(11(16)17)15-7-5-4-6-8-15/h10H,4-9H2,1-3H3,(H,14,18)(H,16,17). The number of ether oxygens (including phenoxy) is 1. The van der Waals surface area contributed by atoms with Gasteiger partial charge in [0.15, 0.2) is 0 Å². The highest BCUT2D eigenvalue weighted by Crippen LogP contribution is 2.12. The molecule has 0 aromatic rings. The summed E-state index contributed by atoms with van der Waals surface area (Å²) in [5, 5.41) is 11.8. The van der Waals surface area contributed by atoms with E-state index in [1.54, 1.807) is 20.8 Å². The third-order valence-corrected chi connectivity index (χ3v) is 2.96. The van der Waals surface area contributed by atoms with Crippen LogP contribution in [0.5, 0.6) is 0 Å². The summed E-state index contributed by atoms with van der Waals surface area (Å²) in [6, 6.07) is -0.673. The van der Waals surface area contributed by atoms with E-state index in [4.69, 9.17) is 4.74 Å². The van der Waals surface area contributed by atoms with Gasteiger partial charge in [0, 0.05) is 6.54 Å². The van der Waals surface area contributed by atoms with Crippen LogP contribution in [0.25, 0.3) is 0 Å². The Hall–Kier alpha value is -1.30. The predicted octanol–water partition coefficient (Wildman–Crippen LogP) is 1.45. The average molecular weight is 272 g/mol. The Kier molecular flexibility index (Phi) is 5.60. The van der Waals surface area contributed by atoms with Crippen LogP contribution in [-0.2, 0) is 9.53 Å². The number of carboxylic acid groups (broad SMARTS) is 1. The molecule has 1 rings (SSSR count). The lowest BCUT2D eigenvalue weighted by Gasteiger charge is -2.32. The third-order valence-electron chi connectivity index (χ3n) is 2.96. The minimum atomic E-state index is -0.905. The van der Waals surface area contributed by atoms with Crippen molar-refractivity contribution in [2.24, 2.45) is 0 Å². The fraction of sp³-hybridized carbons (Fsp3) is 0.846. The van der Waals surface area contributed by atoms with Gasteiger partial charge in [-0.1, -0.05) is 6.42 Å². The van der Waals surface area contributed by atoms with Gasteiger partial charge >= 0.3 is 12.1 Å². The molecule has 110 valence electrons. The molecule has 6 heteroatoms. The lowest BCUT2D eigenvalue weighted by molar-refractivity contribution is -0.143. The number of hydrogen-bond acceptors (Lipinski definition) is 4. The van der Waals surface area contributed by atoms with Gasteiger partial charge in [-0.05, 0) is 46.7 Å². The van der Waals surface area contributed by atoms with Crippen molar-refractivity contribution in [1.29, 1.82) is 0 Å². The van der Waals surface area contributed by atoms with Crippen molar-refractivity contribution >= 4 is 12.1 Å². The number of carbonyl (C=O) groups is 2. The minimum Gasteiger partial charge on any atom is -0.480 e. The number of nitrogens with zero attached hydrogens (tertiary/aromatic N) is 1. The number of carbonyl (C=O) groups excluding carboxylic acids is 1. The van der Waals surface area contributed by atoms with E-state index in [0.29, 0.717) is 0 Å². The number of alkyl carbamates (subject to hydrolysis) is 1. The van der Waals surface area contributed by atoms with E-state index in [-0.39, 0.29) is 6.54 Å². The van der Waals surface area contributed by atoms with E-state index in [0.717, 1.165) is 32.4 Å². The second kappa shape index (κ2) is 6.75. The number of nitrogens with one attached hydrogen (secondary N) is 1. The molecule has 0 aliphatic carbocycles. The van der Waals surface area contributed by atoms with Crippen molar-refractivity contribution in [3.63, 3.8) is 0 Å². The van der Waals surface area contributed by atoms with Crippen molar-refractivity contribution in [2.45, 2.75) is 51.7 Å². The number of rotatable bonds is 4. The summed E-state index contributed by atoms with van der Waals surface area (Å²) in [6.07, 6.45) is 2.59. The van der Waals surface area contributed by atoms with Crippen LogP contribution in [0.4, 0.5) is 4.79 Å². The molecule has 0 spiro atoms. The molecule has 1 aliphatic heterocycles. The molecule has 0 bridgehead atoms. The van der Waals surface area contributed by atoms with E-state index in [2.05, 4.69) is 5.32 Å². The fourth-order valence-electron chi connectivity index (χ4n) is 2.10. The highest BCUT2D eigenvalue weighted by atomic mass is 16.6. The van der Waals surface area contributed by atoms with Crippen molar-refractivity contribution < 1.29 is 19.4 Å². The summed E-state index contributed by atoms with van der Waals surface area (Å²) in [7, 11) is 0. The molecule has 1 atom stereocenters. The molecule has 0 radical (unpaired) electrons. The molecule has 0 aromatic heterocycles. The quantitative estimate of drug-likeness (QED) is 0.810. The maximum Gasteiger partial charge on any atom is 0.407 e. The van der Waals surface area contributed by atoms with Gasteiger partial charge in [0.05, 0.1) is 0 Å². The topological polar surface area (TPSA) is 78.9 Å². The van der Waals surface area contributed by atoms with Gasteiger partial charge in [0.25, 0.3) is 0 Å². The Balaban J connectivity index is 2.45. The summed E-state index contributed by atoms with van der Waals surface area (Å²) in [5.41, 5.74) is -0.575. The Bertz CT molecular complexity index is 319. The van der Waals surface area contributed by atoms with Crippen LogP contribution < -0.4 is 5.32 Å². The Morgan fingerprint density at radius 2 is 1.84 bits per heavy atom. The summed E-state index contributed by atoms with van der Waals surface area (Å²) in [6.45, 7) is 6.92. The summed E-state index contributed by atoms with van der Waals surface area (Å²) >= 11 is 0. The molecule has 1 heterocycles. The zero-order valence-electron chi connectivity index (χ0n) is 11.9. The van der Waals surface area contributed by atoms with Crippen molar-refractivity contribution in [2.75, 3.05) is 19.6 Å². The van der Waals surface area contributed by atoms with Crippen molar-refractivity contribution in [3.05, 3.63) is 0 Å². The maximum absolute atomic E-state index is 11.5. The highest BCUT2D eigenvalue weighted by Gasteiger charge is 2.27. The molecule has 2 N–H and O–H groups in total. The van der Waals surface area contributed by atoms with E-state index in [9.17, 15) is 14.7 Å². The number of amides is 1. The average Bonchev–Trinajstić information content (AvgIpc) is 2.27. The lowest BCUT2D eigenvalue weighted by atomic mass is 10.1. The summed E-state index contributed by atoms with van der Waals surface area (Å²) < 4.78 is 5.09. The largest absolute Gasteiger partial charge is 0.480 e. The molecule has 1 amide bonds. The first-order valence-electron chi connectivity index (χ1n) is 6.73. The van der Waals surface area contributed by atoms with Gasteiger partial charge in [-0.15, -0.1) is 0 Å². The Labute approximate surface area is 114 Å². The molecular weight excluding hydrogens is 248 g/mol. The first-order chi connectivity index (χ1) is 8.79. The second-order valence-electron chi connectivity index (χ2n) is 5.83. The number of likely N-dealkylation sites (tertiary alicyclic amines) is 1. The van der Waals surface area contributed by atoms with Crippen LogP contribution in [0.2, 0.25) is 0 Å². The van der Waals surface area contributed by atoms with Crippen LogP contribution in [0.3, 0.4) is 0 Å². The van der Waals surface area contributed by atoms with Gasteiger partial charge in [-0.25, -0.2) is 4.79 Å². The molecule has 1 aliphatic rings. The molecule has 1 unspecified atom stereocenters. The molecule has 0 saturated carbocycles. The summed E-state index contributed by atoms with van der Waals surface area (Å²) in [5.74, 6) is -0.905. The number of hydrogen-bond donors (Lipinski definition) is 2. The Morgan fingerprint density at radius 1 is 1.26 bits per heavy atom. The van der Waals surface area contributed by atoms with E-state index < -0.39 is 23.7 Å². The first-order valence-corrected chi connectivity index (χ1v) is 6.73. The monoisotopic (exact) mass is 272 g/mol. The van der Waals surface area contributed by atoms with Crippen molar-refractivity contribution in [3.8, 4) is 0 Å². The molecule has 1 fully saturated rings. The number of aliphatic carboxylic acids is 1. The van der Waals surface area contributed by atoms with Crippen molar-refractivity contribution in [1.82, 2.24) is 10.2 Å². The van der Waals surface area contributed by atoms with Gasteiger partial charge in [0.1, 0.15) is 11.6 Å². The minimum absolute atomic E-state index is 0.0737. The Morgan fingerprint density at radius 3 is 2.32 bits per heavy atom. The number of carboxylic acids is 1. The molecule has 19 heavy (non-hydrogen) atoms. The van der Waals surface area contributed by atoms with Gasteiger partial charge in [-0.3, -0.25) is 9.69 Å².